The van der Waals surface area contributed by atoms with Crippen molar-refractivity contribution in [1.29, 1.82) is 0 Å². The molecule has 0 aliphatic heterocycles. The van der Waals surface area contributed by atoms with E-state index in [1.807, 2.05) is 0 Å². The molecule has 99 heavy (non-hydrogen) atoms. The van der Waals surface area contributed by atoms with Crippen LogP contribution >= 0.6 is 15.6 Å². The number of unbranched alkanes of at least 4 members (excludes halogenated alkanes) is 24. The van der Waals surface area contributed by atoms with E-state index in [1.54, 1.807) is 0 Å². The minimum Gasteiger partial charge on any atom is -0.463 e. The number of allylic oxidation sites excluding steroid dienone is 24. The Morgan fingerprint density at radius 3 is 0.859 bits per heavy atom. The minimum absolute atomic E-state index is 0.0863. The van der Waals surface area contributed by atoms with Gasteiger partial charge >= 0.3 is 33.6 Å². The zero-order valence-electron chi connectivity index (χ0n) is 61.6. The van der Waals surface area contributed by atoms with E-state index in [4.69, 9.17) is 32.3 Å². The summed E-state index contributed by atoms with van der Waals surface area (Å²) in [7, 11) is -9.79. The fraction of sp³-hybridized carbons (Fsp3) is 0.667. The molecule has 0 aromatic carbocycles. The first-order valence-corrected chi connectivity index (χ1v) is 41.1. The van der Waals surface area contributed by atoms with Crippen molar-refractivity contribution >= 4 is 33.6 Å². The topological polar surface area (TPSA) is 231 Å². The Bertz CT molecular complexity index is 2380. The van der Waals surface area contributed by atoms with Crippen molar-refractivity contribution in [2.45, 2.75) is 309 Å². The molecule has 0 saturated carbocycles. The molecule has 0 spiro atoms. The maximum Gasteiger partial charge on any atom is 0.472 e. The second kappa shape index (κ2) is 73.2. The van der Waals surface area contributed by atoms with Gasteiger partial charge in [-0.15, -0.1) is 0 Å². The van der Waals surface area contributed by atoms with Crippen LogP contribution < -0.4 is 0 Å². The highest BCUT2D eigenvalue weighted by Crippen LogP contribution is 2.45. The highest BCUT2D eigenvalue weighted by molar-refractivity contribution is 7.47. The lowest BCUT2D eigenvalue weighted by molar-refractivity contribution is -0.161. The number of aliphatic hydroxyl groups excluding tert-OH is 2. The summed E-state index contributed by atoms with van der Waals surface area (Å²) >= 11 is 0. The van der Waals surface area contributed by atoms with Gasteiger partial charge in [-0.1, -0.05) is 282 Å². The Balaban J connectivity index is 4.45. The first-order valence-electron chi connectivity index (χ1n) is 38.1. The number of carbonyl (C=O) groups excluding carboxylic acids is 3. The fourth-order valence-electron chi connectivity index (χ4n) is 9.76. The molecular formula is C81H136O16P2. The molecule has 0 aromatic heterocycles. The lowest BCUT2D eigenvalue weighted by atomic mass is 10.0. The summed E-state index contributed by atoms with van der Waals surface area (Å²) in [6.45, 7) is 2.36. The van der Waals surface area contributed by atoms with E-state index in [0.29, 0.717) is 19.3 Å². The second-order valence-electron chi connectivity index (χ2n) is 25.0. The molecule has 5 unspecified atom stereocenters. The highest BCUT2D eigenvalue weighted by atomic mass is 31.2. The van der Waals surface area contributed by atoms with Crippen LogP contribution in [0.1, 0.15) is 290 Å². The molecule has 16 nitrogen and oxygen atoms in total. The number of hydrogen-bond donors (Lipinski definition) is 4. The predicted octanol–water partition coefficient (Wildman–Crippen LogP) is 22.1. The summed E-state index contributed by atoms with van der Waals surface area (Å²) in [6.07, 6.45) is 89.1. The molecule has 0 radical (unpaired) electrons. The average Bonchev–Trinajstić information content (AvgIpc) is 1.22. The summed E-state index contributed by atoms with van der Waals surface area (Å²) in [4.78, 5) is 58.5. The highest BCUT2D eigenvalue weighted by Gasteiger charge is 2.29. The molecule has 0 amide bonds. The zero-order valence-corrected chi connectivity index (χ0v) is 63.4. The number of ether oxygens (including phenoxy) is 3. The second-order valence-corrected chi connectivity index (χ2v) is 27.9. The Hall–Kier alpha value is -4.57. The molecule has 0 rings (SSSR count). The molecule has 566 valence electrons. The monoisotopic (exact) mass is 1430 g/mol. The number of carbonyl (C=O) groups is 3. The normalized spacial score (nSPS) is 14.9. The van der Waals surface area contributed by atoms with Crippen LogP contribution in [0.4, 0.5) is 0 Å². The van der Waals surface area contributed by atoms with Gasteiger partial charge in [-0.3, -0.25) is 32.5 Å². The first-order chi connectivity index (χ1) is 48.2. The van der Waals surface area contributed by atoms with Crippen LogP contribution in [-0.2, 0) is 55.8 Å². The maximum atomic E-state index is 12.9. The molecule has 5 atom stereocenters. The Morgan fingerprint density at radius 1 is 0.293 bits per heavy atom. The molecule has 18 heteroatoms. The third kappa shape index (κ3) is 74.4. The largest absolute Gasteiger partial charge is 0.472 e. The fourth-order valence-corrected chi connectivity index (χ4v) is 11.3. The minimum atomic E-state index is -4.93. The summed E-state index contributed by atoms with van der Waals surface area (Å²) in [6, 6.07) is 0. The standard InChI is InChI=1S/C81H136O16P2/c1-4-7-10-13-16-19-22-24-26-28-30-32-33-34-35-36-37-38-39-40-41-43-45-46-48-50-53-55-58-61-64-67-79(84)91-70-76(82)71-93-98(87,88)94-72-77(83)73-95-99(89,90)96-75-78(97-81(86)69-66-63-60-57-52-21-18-15-12-9-6-3)74-92-80(85)68-65-62-59-56-54-51-49-47-44-42-31-29-27-25-23-20-17-14-11-8-5-2/h7-8,10-11,15-20,24-27,30-32,34-35,37-38,42,47,49,76-78,82-83H,4-6,9,12-14,21-23,28-29,33,36,39-41,43-46,48,50-75H2,1-3H3,(H,87,88)(H,89,90)/b10-7-,11-8-,18-15-,19-16-,20-17-,26-24-,27-25-,32-30-,35-34-,38-37-,42-31-,49-47-. The van der Waals surface area contributed by atoms with Crippen molar-refractivity contribution in [2.75, 3.05) is 39.6 Å². The number of phosphoric ester groups is 2. The molecule has 0 fully saturated rings. The molecule has 0 aliphatic carbocycles. The Kier molecular flexibility index (Phi) is 69.8. The van der Waals surface area contributed by atoms with E-state index in [1.165, 1.54) is 64.2 Å². The maximum absolute atomic E-state index is 12.9. The Labute approximate surface area is 600 Å². The summed E-state index contributed by atoms with van der Waals surface area (Å²) in [5, 5.41) is 20.6. The van der Waals surface area contributed by atoms with Crippen LogP contribution in [0.25, 0.3) is 0 Å². The van der Waals surface area contributed by atoms with Crippen molar-refractivity contribution < 1.29 is 75.8 Å². The summed E-state index contributed by atoms with van der Waals surface area (Å²) in [5.41, 5.74) is 0. The van der Waals surface area contributed by atoms with Crippen molar-refractivity contribution in [2.24, 2.45) is 0 Å². The first kappa shape index (κ1) is 94.4. The number of phosphoric acid groups is 2. The molecule has 0 saturated heterocycles. The average molecular weight is 1430 g/mol. The lowest BCUT2D eigenvalue weighted by Crippen LogP contribution is -2.30. The van der Waals surface area contributed by atoms with Gasteiger partial charge in [-0.05, 0) is 135 Å². The molecule has 0 aromatic rings. The Morgan fingerprint density at radius 2 is 0.535 bits per heavy atom. The van der Waals surface area contributed by atoms with E-state index in [9.17, 15) is 43.5 Å². The SMILES string of the molecule is CC/C=C\C/C=C\C/C=C\C/C=C\C/C=C\C/C=C\CCCCCCCCCCCCCCC(=O)OCC(O)COP(=O)(O)OCC(O)COP(=O)(O)OCC(COC(=O)CCCCCCC/C=C\C/C=C\C/C=C\C/C=C\C/C=C\CC)OC(=O)CCCCCCC/C=C\CCCC. The molecular weight excluding hydrogens is 1290 g/mol. The van der Waals surface area contributed by atoms with E-state index >= 15 is 0 Å². The van der Waals surface area contributed by atoms with Crippen LogP contribution in [0.2, 0.25) is 0 Å². The smallest absolute Gasteiger partial charge is 0.463 e. The number of hydrogen-bond acceptors (Lipinski definition) is 14. The van der Waals surface area contributed by atoms with Gasteiger partial charge in [0.05, 0.1) is 26.4 Å². The van der Waals surface area contributed by atoms with Gasteiger partial charge in [-0.25, -0.2) is 9.13 Å². The predicted molar refractivity (Wildman–Crippen MR) is 408 cm³/mol. The van der Waals surface area contributed by atoms with Crippen molar-refractivity contribution in [3.63, 3.8) is 0 Å². The molecule has 0 heterocycles. The van der Waals surface area contributed by atoms with Crippen LogP contribution in [0, 0.1) is 0 Å². The summed E-state index contributed by atoms with van der Waals surface area (Å²) in [5.74, 6) is -1.61. The molecule has 0 aliphatic rings. The van der Waals surface area contributed by atoms with Gasteiger partial charge < -0.3 is 34.2 Å². The van der Waals surface area contributed by atoms with E-state index in [-0.39, 0.29) is 19.3 Å². The van der Waals surface area contributed by atoms with Gasteiger partial charge in [-0.2, -0.15) is 0 Å². The van der Waals surface area contributed by atoms with Crippen molar-refractivity contribution in [1.82, 2.24) is 0 Å². The third-order valence-electron chi connectivity index (χ3n) is 15.5. The van der Waals surface area contributed by atoms with E-state index in [0.717, 1.165) is 167 Å². The van der Waals surface area contributed by atoms with E-state index < -0.39 is 91.5 Å². The van der Waals surface area contributed by atoms with Crippen LogP contribution in [0.3, 0.4) is 0 Å². The zero-order chi connectivity index (χ0) is 72.3. The van der Waals surface area contributed by atoms with E-state index in [2.05, 4.69) is 167 Å². The summed E-state index contributed by atoms with van der Waals surface area (Å²) < 4.78 is 61.0. The van der Waals surface area contributed by atoms with Gasteiger partial charge in [0, 0.05) is 19.3 Å². The third-order valence-corrected chi connectivity index (χ3v) is 17.4. The molecule has 0 bridgehead atoms. The van der Waals surface area contributed by atoms with Gasteiger partial charge in [0.2, 0.25) is 0 Å². The van der Waals surface area contributed by atoms with Gasteiger partial charge in [0.25, 0.3) is 0 Å². The van der Waals surface area contributed by atoms with Gasteiger partial charge in [0.1, 0.15) is 25.4 Å². The quantitative estimate of drug-likeness (QED) is 0.0146. The van der Waals surface area contributed by atoms with Crippen LogP contribution in [0.15, 0.2) is 146 Å². The number of esters is 3. The lowest BCUT2D eigenvalue weighted by Gasteiger charge is -2.21. The van der Waals surface area contributed by atoms with Gasteiger partial charge in [0.15, 0.2) is 6.10 Å². The number of aliphatic hydroxyl groups is 2. The van der Waals surface area contributed by atoms with Crippen molar-refractivity contribution in [3.8, 4) is 0 Å². The molecule has 4 N–H and O–H groups in total. The van der Waals surface area contributed by atoms with Crippen molar-refractivity contribution in [3.05, 3.63) is 146 Å². The van der Waals surface area contributed by atoms with Crippen LogP contribution in [0.5, 0.6) is 0 Å². The van der Waals surface area contributed by atoms with Crippen LogP contribution in [-0.4, -0.2) is 95.9 Å². The number of rotatable bonds is 71.